The fourth-order valence-electron chi connectivity index (χ4n) is 3.49. The predicted octanol–water partition coefficient (Wildman–Crippen LogP) is 2.18. The summed E-state index contributed by atoms with van der Waals surface area (Å²) in [6, 6.07) is 3.99. The molecule has 4 rings (SSSR count). The lowest BCUT2D eigenvalue weighted by Gasteiger charge is -2.26. The molecule has 3 aromatic rings. The van der Waals surface area contributed by atoms with Gasteiger partial charge >= 0.3 is 0 Å². The number of hydrogen-bond donors (Lipinski definition) is 1. The normalized spacial score (nSPS) is 15.5. The van der Waals surface area contributed by atoms with E-state index in [4.69, 9.17) is 4.74 Å². The van der Waals surface area contributed by atoms with Gasteiger partial charge in [-0.25, -0.2) is 9.97 Å². The molecule has 3 aromatic heterocycles. The number of pyridine rings is 1. The van der Waals surface area contributed by atoms with E-state index < -0.39 is 0 Å². The molecule has 0 saturated carbocycles. The summed E-state index contributed by atoms with van der Waals surface area (Å²) in [4.78, 5) is 15.7. The number of morpholine rings is 1. The van der Waals surface area contributed by atoms with E-state index in [9.17, 15) is 0 Å². The number of hydrogen-bond acceptors (Lipinski definition) is 6. The summed E-state index contributed by atoms with van der Waals surface area (Å²) in [6.07, 6.45) is 5.27. The van der Waals surface area contributed by atoms with Crippen molar-refractivity contribution < 1.29 is 4.74 Å². The summed E-state index contributed by atoms with van der Waals surface area (Å²) in [5.41, 5.74) is 4.28. The largest absolute Gasteiger partial charge is 0.379 e. The van der Waals surface area contributed by atoms with Gasteiger partial charge in [0.15, 0.2) is 5.65 Å². The first-order valence-corrected chi connectivity index (χ1v) is 9.02. The number of rotatable bonds is 5. The molecule has 0 bridgehead atoms. The van der Waals surface area contributed by atoms with Crippen LogP contribution in [0.2, 0.25) is 0 Å². The van der Waals surface area contributed by atoms with Crippen molar-refractivity contribution in [2.24, 2.45) is 0 Å². The van der Waals surface area contributed by atoms with Gasteiger partial charge in [-0.05, 0) is 31.5 Å². The topological polar surface area (TPSA) is 68.1 Å². The molecule has 1 aliphatic heterocycles. The SMILES string of the molecule is Cc1c(C)n(-c2cccnc2)c2ncnc(NCCN3CCOCC3)c12. The molecule has 1 saturated heterocycles. The highest BCUT2D eigenvalue weighted by Crippen LogP contribution is 2.30. The fraction of sp³-hybridized carbons (Fsp3) is 0.421. The maximum Gasteiger partial charge on any atom is 0.150 e. The van der Waals surface area contributed by atoms with Crippen LogP contribution in [0.25, 0.3) is 16.7 Å². The maximum atomic E-state index is 5.41. The quantitative estimate of drug-likeness (QED) is 0.759. The molecule has 0 atom stereocenters. The van der Waals surface area contributed by atoms with E-state index in [1.54, 1.807) is 12.5 Å². The Bertz CT molecular complexity index is 886. The molecule has 7 nitrogen and oxygen atoms in total. The van der Waals surface area contributed by atoms with Crippen LogP contribution < -0.4 is 5.32 Å². The second kappa shape index (κ2) is 7.39. The Morgan fingerprint density at radius 3 is 2.81 bits per heavy atom. The molecule has 1 N–H and O–H groups in total. The lowest BCUT2D eigenvalue weighted by molar-refractivity contribution is 0.0398. The molecule has 136 valence electrons. The molecular weight excluding hydrogens is 328 g/mol. The van der Waals surface area contributed by atoms with Crippen LogP contribution in [0.4, 0.5) is 5.82 Å². The number of anilines is 1. The lowest BCUT2D eigenvalue weighted by atomic mass is 10.2. The van der Waals surface area contributed by atoms with Gasteiger partial charge in [0.1, 0.15) is 12.1 Å². The number of nitrogens with zero attached hydrogens (tertiary/aromatic N) is 5. The Morgan fingerprint density at radius 1 is 1.19 bits per heavy atom. The van der Waals surface area contributed by atoms with Gasteiger partial charge in [-0.1, -0.05) is 0 Å². The first-order chi connectivity index (χ1) is 12.8. The van der Waals surface area contributed by atoms with Crippen molar-refractivity contribution in [3.63, 3.8) is 0 Å². The number of aromatic nitrogens is 4. The number of nitrogens with one attached hydrogen (secondary N) is 1. The fourth-order valence-corrected chi connectivity index (χ4v) is 3.49. The number of ether oxygens (including phenoxy) is 1. The van der Waals surface area contributed by atoms with Crippen molar-refractivity contribution in [1.82, 2.24) is 24.4 Å². The van der Waals surface area contributed by atoms with E-state index in [0.717, 1.165) is 67.6 Å². The highest BCUT2D eigenvalue weighted by atomic mass is 16.5. The third-order valence-corrected chi connectivity index (χ3v) is 5.02. The van der Waals surface area contributed by atoms with Crippen LogP contribution in [0.3, 0.4) is 0 Å². The molecule has 0 aliphatic carbocycles. The van der Waals surface area contributed by atoms with E-state index >= 15 is 0 Å². The smallest absolute Gasteiger partial charge is 0.150 e. The predicted molar refractivity (Wildman–Crippen MR) is 102 cm³/mol. The Morgan fingerprint density at radius 2 is 2.04 bits per heavy atom. The molecule has 0 aromatic carbocycles. The van der Waals surface area contributed by atoms with Crippen LogP contribution in [0, 0.1) is 13.8 Å². The van der Waals surface area contributed by atoms with Crippen LogP contribution >= 0.6 is 0 Å². The van der Waals surface area contributed by atoms with Gasteiger partial charge < -0.3 is 10.1 Å². The van der Waals surface area contributed by atoms with E-state index in [0.29, 0.717) is 0 Å². The first-order valence-electron chi connectivity index (χ1n) is 9.02. The standard InChI is InChI=1S/C19H24N6O/c1-14-15(2)25(16-4-3-5-20-12-16)19-17(14)18(22-13-23-19)21-6-7-24-8-10-26-11-9-24/h3-5,12-13H,6-11H2,1-2H3,(H,21,22,23). The zero-order valence-electron chi connectivity index (χ0n) is 15.3. The maximum absolute atomic E-state index is 5.41. The van der Waals surface area contributed by atoms with E-state index in [1.807, 2.05) is 18.3 Å². The molecule has 0 unspecified atom stereocenters. The summed E-state index contributed by atoms with van der Waals surface area (Å²) in [5.74, 6) is 0.895. The van der Waals surface area contributed by atoms with Crippen molar-refractivity contribution in [3.05, 3.63) is 42.1 Å². The van der Waals surface area contributed by atoms with Crippen molar-refractivity contribution in [3.8, 4) is 5.69 Å². The first kappa shape index (κ1) is 16.9. The minimum atomic E-state index is 0.823. The second-order valence-electron chi connectivity index (χ2n) is 6.56. The van der Waals surface area contributed by atoms with Gasteiger partial charge in [-0.2, -0.15) is 0 Å². The summed E-state index contributed by atoms with van der Waals surface area (Å²) in [5, 5.41) is 4.58. The van der Waals surface area contributed by atoms with Crippen LogP contribution in [0.5, 0.6) is 0 Å². The molecule has 7 heteroatoms. The summed E-state index contributed by atoms with van der Waals surface area (Å²) < 4.78 is 7.55. The highest BCUT2D eigenvalue weighted by molar-refractivity contribution is 5.93. The van der Waals surface area contributed by atoms with Gasteiger partial charge in [0.2, 0.25) is 0 Å². The zero-order valence-corrected chi connectivity index (χ0v) is 15.3. The Kier molecular flexibility index (Phi) is 4.81. The van der Waals surface area contributed by atoms with Crippen molar-refractivity contribution in [2.45, 2.75) is 13.8 Å². The zero-order chi connectivity index (χ0) is 17.9. The van der Waals surface area contributed by atoms with Crippen molar-refractivity contribution >= 4 is 16.9 Å². The van der Waals surface area contributed by atoms with Crippen LogP contribution in [-0.2, 0) is 4.74 Å². The summed E-state index contributed by atoms with van der Waals surface area (Å²) in [6.45, 7) is 9.71. The molecule has 0 amide bonds. The van der Waals surface area contributed by atoms with Gasteiger partial charge in [-0.3, -0.25) is 14.5 Å². The minimum absolute atomic E-state index is 0.823. The molecule has 1 aliphatic rings. The Labute approximate surface area is 153 Å². The van der Waals surface area contributed by atoms with Gasteiger partial charge in [0.05, 0.1) is 30.5 Å². The van der Waals surface area contributed by atoms with Crippen molar-refractivity contribution in [2.75, 3.05) is 44.7 Å². The lowest BCUT2D eigenvalue weighted by Crippen LogP contribution is -2.39. The van der Waals surface area contributed by atoms with Crippen LogP contribution in [0.15, 0.2) is 30.9 Å². The van der Waals surface area contributed by atoms with Crippen LogP contribution in [0.1, 0.15) is 11.3 Å². The van der Waals surface area contributed by atoms with Gasteiger partial charge in [0.25, 0.3) is 0 Å². The van der Waals surface area contributed by atoms with E-state index in [2.05, 4.69) is 43.6 Å². The van der Waals surface area contributed by atoms with Crippen molar-refractivity contribution in [1.29, 1.82) is 0 Å². The minimum Gasteiger partial charge on any atom is -0.379 e. The van der Waals surface area contributed by atoms with Gasteiger partial charge in [0, 0.05) is 38.1 Å². The molecule has 0 radical (unpaired) electrons. The molecule has 4 heterocycles. The summed E-state index contributed by atoms with van der Waals surface area (Å²) in [7, 11) is 0. The molecule has 0 spiro atoms. The molecule has 26 heavy (non-hydrogen) atoms. The van der Waals surface area contributed by atoms with E-state index in [-0.39, 0.29) is 0 Å². The third-order valence-electron chi connectivity index (χ3n) is 5.02. The monoisotopic (exact) mass is 352 g/mol. The number of fused-ring (bicyclic) bond motifs is 1. The number of aryl methyl sites for hydroxylation is 1. The third kappa shape index (κ3) is 3.15. The molecule has 1 fully saturated rings. The second-order valence-corrected chi connectivity index (χ2v) is 6.56. The van der Waals surface area contributed by atoms with Gasteiger partial charge in [-0.15, -0.1) is 0 Å². The molecular formula is C19H24N6O. The average Bonchev–Trinajstić information content (AvgIpc) is 2.95. The highest BCUT2D eigenvalue weighted by Gasteiger charge is 2.18. The van der Waals surface area contributed by atoms with Crippen LogP contribution in [-0.4, -0.2) is 63.8 Å². The Balaban J connectivity index is 1.62. The summed E-state index contributed by atoms with van der Waals surface area (Å²) >= 11 is 0. The van der Waals surface area contributed by atoms with E-state index in [1.165, 1.54) is 5.56 Å². The Hall–Kier alpha value is -2.51. The average molecular weight is 352 g/mol.